The van der Waals surface area contributed by atoms with Crippen LogP contribution in [0.25, 0.3) is 0 Å². The third-order valence-electron chi connectivity index (χ3n) is 3.22. The lowest BCUT2D eigenvalue weighted by Crippen LogP contribution is -2.47. The van der Waals surface area contributed by atoms with Gasteiger partial charge in [-0.25, -0.2) is 4.79 Å². The Morgan fingerprint density at radius 3 is 2.23 bits per heavy atom. The average molecular weight is 317 g/mol. The number of carbonyl (C=O) groups excluding carboxylic acids is 2. The molecule has 0 saturated carbocycles. The van der Waals surface area contributed by atoms with Gasteiger partial charge in [-0.2, -0.15) is 13.2 Å². The van der Waals surface area contributed by atoms with E-state index in [4.69, 9.17) is 0 Å². The van der Waals surface area contributed by atoms with Crippen molar-refractivity contribution in [2.45, 2.75) is 25.7 Å². The quantitative estimate of drug-likeness (QED) is 0.893. The summed E-state index contributed by atoms with van der Waals surface area (Å²) in [6, 6.07) is 3.50. The van der Waals surface area contributed by atoms with Crippen molar-refractivity contribution in [3.8, 4) is 0 Å². The van der Waals surface area contributed by atoms with Gasteiger partial charge in [0.15, 0.2) is 0 Å². The van der Waals surface area contributed by atoms with E-state index in [2.05, 4.69) is 10.6 Å². The fraction of sp³-hybridized carbons (Fsp3) is 0.429. The Hall–Kier alpha value is -2.09. The number of alkyl halides is 3. The number of hydrogen-bond donors (Lipinski definition) is 2. The maximum atomic E-state index is 12.5. The van der Waals surface area contributed by atoms with Crippen LogP contribution in [-0.2, 0) is 17.5 Å². The predicted octanol–water partition coefficient (Wildman–Crippen LogP) is 1.98. The molecule has 0 aliphatic heterocycles. The molecule has 0 unspecified atom stereocenters. The molecule has 0 bridgehead atoms. The van der Waals surface area contributed by atoms with Crippen LogP contribution in [0, 0.1) is 0 Å². The number of urea groups is 1. The summed E-state index contributed by atoms with van der Waals surface area (Å²) >= 11 is 0. The Morgan fingerprint density at radius 1 is 1.23 bits per heavy atom. The Morgan fingerprint density at radius 2 is 1.77 bits per heavy atom. The second-order valence-electron chi connectivity index (χ2n) is 4.85. The Labute approximate surface area is 126 Å². The predicted molar refractivity (Wildman–Crippen MR) is 75.0 cm³/mol. The molecule has 0 heterocycles. The zero-order valence-electron chi connectivity index (χ0n) is 12.5. The third-order valence-corrected chi connectivity index (χ3v) is 3.22. The van der Waals surface area contributed by atoms with Crippen LogP contribution in [0.2, 0.25) is 0 Å². The molecular weight excluding hydrogens is 299 g/mol. The van der Waals surface area contributed by atoms with Crippen LogP contribution in [0.1, 0.15) is 18.1 Å². The van der Waals surface area contributed by atoms with Crippen molar-refractivity contribution >= 4 is 11.9 Å². The van der Waals surface area contributed by atoms with E-state index in [1.807, 2.05) is 0 Å². The first kappa shape index (κ1) is 18.0. The number of carbonyl (C=O) groups is 2. The van der Waals surface area contributed by atoms with E-state index in [1.165, 1.54) is 19.2 Å². The molecule has 0 spiro atoms. The first-order chi connectivity index (χ1) is 10.1. The second-order valence-corrected chi connectivity index (χ2v) is 4.85. The molecule has 3 amide bonds. The van der Waals surface area contributed by atoms with E-state index in [1.54, 1.807) is 18.9 Å². The molecule has 1 aromatic carbocycles. The van der Waals surface area contributed by atoms with Crippen LogP contribution < -0.4 is 10.6 Å². The number of amides is 3. The van der Waals surface area contributed by atoms with E-state index in [0.29, 0.717) is 5.56 Å². The van der Waals surface area contributed by atoms with Gasteiger partial charge >= 0.3 is 12.2 Å². The molecule has 0 fully saturated rings. The topological polar surface area (TPSA) is 61.4 Å². The summed E-state index contributed by atoms with van der Waals surface area (Å²) in [4.78, 5) is 24.5. The summed E-state index contributed by atoms with van der Waals surface area (Å²) in [6.07, 6.45) is -4.37. The van der Waals surface area contributed by atoms with Gasteiger partial charge in [-0.3, -0.25) is 15.0 Å². The first-order valence-electron chi connectivity index (χ1n) is 6.54. The van der Waals surface area contributed by atoms with Gasteiger partial charge in [0.05, 0.1) is 11.6 Å². The Kier molecular flexibility index (Phi) is 5.92. The third kappa shape index (κ3) is 5.03. The minimum absolute atomic E-state index is 0.278. The summed E-state index contributed by atoms with van der Waals surface area (Å²) in [5.74, 6) is -0.492. The van der Waals surface area contributed by atoms with Crippen LogP contribution in [-0.4, -0.2) is 37.0 Å². The second kappa shape index (κ2) is 7.26. The monoisotopic (exact) mass is 317 g/mol. The number of nitrogens with zero attached hydrogens (tertiary/aromatic N) is 1. The maximum Gasteiger partial charge on any atom is 0.416 e. The number of benzene rings is 1. The van der Waals surface area contributed by atoms with E-state index >= 15 is 0 Å². The van der Waals surface area contributed by atoms with E-state index in [-0.39, 0.29) is 6.54 Å². The van der Waals surface area contributed by atoms with Crippen molar-refractivity contribution < 1.29 is 22.8 Å². The molecule has 5 nitrogen and oxygen atoms in total. The highest BCUT2D eigenvalue weighted by Crippen LogP contribution is 2.29. The molecule has 0 radical (unpaired) electrons. The van der Waals surface area contributed by atoms with Crippen LogP contribution in [0.5, 0.6) is 0 Å². The first-order valence-corrected chi connectivity index (χ1v) is 6.54. The maximum absolute atomic E-state index is 12.5. The highest BCUT2D eigenvalue weighted by molar-refractivity contribution is 5.96. The number of nitrogens with one attached hydrogen (secondary N) is 2. The summed E-state index contributed by atoms with van der Waals surface area (Å²) in [5.41, 5.74) is -0.0839. The fourth-order valence-corrected chi connectivity index (χ4v) is 1.70. The Balaban J connectivity index is 2.66. The SMILES string of the molecule is CNC(=O)NC(=O)[C@H](C)N(C)Cc1ccc(C(F)(F)F)cc1. The van der Waals surface area contributed by atoms with Crippen molar-refractivity contribution in [1.29, 1.82) is 0 Å². The van der Waals surface area contributed by atoms with Gasteiger partial charge in [-0.1, -0.05) is 12.1 Å². The average Bonchev–Trinajstić information content (AvgIpc) is 2.45. The van der Waals surface area contributed by atoms with Gasteiger partial charge < -0.3 is 5.32 Å². The van der Waals surface area contributed by atoms with E-state index < -0.39 is 29.7 Å². The summed E-state index contributed by atoms with van der Waals surface area (Å²) in [7, 11) is 3.03. The highest BCUT2D eigenvalue weighted by Gasteiger charge is 2.30. The van der Waals surface area contributed by atoms with Crippen molar-refractivity contribution in [2.24, 2.45) is 0 Å². The molecular formula is C14H18F3N3O2. The van der Waals surface area contributed by atoms with Crippen molar-refractivity contribution in [2.75, 3.05) is 14.1 Å². The molecule has 1 aromatic rings. The zero-order valence-corrected chi connectivity index (χ0v) is 12.5. The Bertz CT molecular complexity index is 529. The molecule has 0 aromatic heterocycles. The van der Waals surface area contributed by atoms with E-state index in [0.717, 1.165) is 12.1 Å². The minimum Gasteiger partial charge on any atom is -0.341 e. The molecule has 2 N–H and O–H groups in total. The molecule has 22 heavy (non-hydrogen) atoms. The number of imide groups is 1. The van der Waals surface area contributed by atoms with Gasteiger partial charge in [0.25, 0.3) is 0 Å². The summed E-state index contributed by atoms with van der Waals surface area (Å²) in [6.45, 7) is 1.88. The highest BCUT2D eigenvalue weighted by atomic mass is 19.4. The van der Waals surface area contributed by atoms with Gasteiger partial charge in [-0.15, -0.1) is 0 Å². The van der Waals surface area contributed by atoms with Gasteiger partial charge in [0.2, 0.25) is 5.91 Å². The molecule has 0 aliphatic carbocycles. The number of rotatable bonds is 4. The smallest absolute Gasteiger partial charge is 0.341 e. The normalized spacial score (nSPS) is 12.9. The molecule has 1 atom stereocenters. The zero-order chi connectivity index (χ0) is 16.9. The minimum atomic E-state index is -4.37. The van der Waals surface area contributed by atoms with E-state index in [9.17, 15) is 22.8 Å². The van der Waals surface area contributed by atoms with Crippen LogP contribution in [0.15, 0.2) is 24.3 Å². The lowest BCUT2D eigenvalue weighted by molar-refractivity contribution is -0.137. The van der Waals surface area contributed by atoms with Gasteiger partial charge in [-0.05, 0) is 31.7 Å². The van der Waals surface area contributed by atoms with Crippen LogP contribution in [0.3, 0.4) is 0 Å². The van der Waals surface area contributed by atoms with Crippen molar-refractivity contribution in [3.05, 3.63) is 35.4 Å². The molecule has 1 rings (SSSR count). The number of likely N-dealkylation sites (N-methyl/N-ethyl adjacent to an activating group) is 1. The molecule has 0 aliphatic rings. The lowest BCUT2D eigenvalue weighted by atomic mass is 10.1. The summed E-state index contributed by atoms with van der Waals surface area (Å²) in [5, 5.41) is 4.41. The lowest BCUT2D eigenvalue weighted by Gasteiger charge is -2.23. The van der Waals surface area contributed by atoms with Crippen LogP contribution >= 0.6 is 0 Å². The fourth-order valence-electron chi connectivity index (χ4n) is 1.70. The molecule has 0 saturated heterocycles. The standard InChI is InChI=1S/C14H18F3N3O2/c1-9(12(21)19-13(22)18-2)20(3)8-10-4-6-11(7-5-10)14(15,16)17/h4-7,9H,8H2,1-3H3,(H2,18,19,21,22)/t9-/m0/s1. The van der Waals surface area contributed by atoms with Crippen LogP contribution in [0.4, 0.5) is 18.0 Å². The van der Waals surface area contributed by atoms with Gasteiger partial charge in [0, 0.05) is 13.6 Å². The largest absolute Gasteiger partial charge is 0.416 e. The molecule has 122 valence electrons. The van der Waals surface area contributed by atoms with Crippen molar-refractivity contribution in [3.63, 3.8) is 0 Å². The van der Waals surface area contributed by atoms with Crippen molar-refractivity contribution in [1.82, 2.24) is 15.5 Å². The summed E-state index contributed by atoms with van der Waals surface area (Å²) < 4.78 is 37.4. The number of hydrogen-bond acceptors (Lipinski definition) is 3. The molecule has 8 heteroatoms. The van der Waals surface area contributed by atoms with Gasteiger partial charge in [0.1, 0.15) is 0 Å². The number of halogens is 3.